The smallest absolute Gasteiger partial charge is 0.221 e. The van der Waals surface area contributed by atoms with Crippen LogP contribution in [0.15, 0.2) is 30.3 Å². The molecule has 1 aromatic carbocycles. The lowest BCUT2D eigenvalue weighted by Crippen LogP contribution is -2.27. The minimum Gasteiger partial charge on any atom is -0.476 e. The van der Waals surface area contributed by atoms with Crippen molar-refractivity contribution in [1.82, 2.24) is 9.88 Å². The third-order valence-corrected chi connectivity index (χ3v) is 4.19. The molecule has 0 fully saturated rings. The van der Waals surface area contributed by atoms with Crippen molar-refractivity contribution in [2.75, 3.05) is 47.3 Å². The summed E-state index contributed by atoms with van der Waals surface area (Å²) < 4.78 is 11.0. The molecule has 0 atom stereocenters. The number of unbranched alkanes of at least 4 members (excludes halogenated alkanes) is 1. The van der Waals surface area contributed by atoms with Crippen LogP contribution in [0.25, 0.3) is 10.8 Å². The summed E-state index contributed by atoms with van der Waals surface area (Å²) in [6, 6.07) is 10.4. The molecule has 6 heteroatoms. The highest BCUT2D eigenvalue weighted by Crippen LogP contribution is 2.25. The molecule has 6 nitrogen and oxygen atoms in total. The quantitative estimate of drug-likeness (QED) is 0.216. The predicted molar refractivity (Wildman–Crippen MR) is 107 cm³/mol. The Morgan fingerprint density at radius 1 is 1.04 bits per heavy atom. The number of benzene rings is 1. The Kier molecular flexibility index (Phi) is 10.1. The second kappa shape index (κ2) is 12.6. The Bertz CT molecular complexity index is 666. The molecule has 0 saturated carbocycles. The van der Waals surface area contributed by atoms with Gasteiger partial charge in [-0.15, -0.1) is 0 Å². The van der Waals surface area contributed by atoms with Crippen molar-refractivity contribution in [2.45, 2.75) is 32.6 Å². The van der Waals surface area contributed by atoms with Crippen LogP contribution in [0.5, 0.6) is 5.88 Å². The summed E-state index contributed by atoms with van der Waals surface area (Å²) in [6.45, 7) is 5.04. The average molecular weight is 376 g/mol. The van der Waals surface area contributed by atoms with Gasteiger partial charge in [0.05, 0.1) is 6.61 Å². The first-order chi connectivity index (χ1) is 13.2. The second-order valence-electron chi connectivity index (χ2n) is 6.59. The number of rotatable bonds is 14. The molecule has 0 unspecified atom stereocenters. The SMILES string of the molecule is CCCCc1cc2ccccc2c(OCCN(C)COOCCCOC)n1. The normalized spacial score (nSPS) is 11.4. The van der Waals surface area contributed by atoms with Crippen molar-refractivity contribution in [3.05, 3.63) is 36.0 Å². The number of pyridine rings is 1. The number of nitrogens with zero attached hydrogens (tertiary/aromatic N) is 2. The Hall–Kier alpha value is -1.73. The zero-order valence-electron chi connectivity index (χ0n) is 16.8. The monoisotopic (exact) mass is 376 g/mol. The molecule has 0 saturated heterocycles. The molecule has 0 amide bonds. The number of methoxy groups -OCH3 is 1. The number of aryl methyl sites for hydroxylation is 1. The van der Waals surface area contributed by atoms with Gasteiger partial charge in [0.2, 0.25) is 5.88 Å². The molecule has 0 spiro atoms. The maximum absolute atomic E-state index is 6.00. The van der Waals surface area contributed by atoms with Gasteiger partial charge in [0.25, 0.3) is 0 Å². The lowest BCUT2D eigenvalue weighted by Gasteiger charge is -2.17. The molecule has 0 aliphatic rings. The molecule has 0 radical (unpaired) electrons. The van der Waals surface area contributed by atoms with Crippen LogP contribution in [0.4, 0.5) is 0 Å². The molecule has 0 aliphatic carbocycles. The van der Waals surface area contributed by atoms with E-state index in [1.807, 2.05) is 24.1 Å². The highest BCUT2D eigenvalue weighted by atomic mass is 17.2. The summed E-state index contributed by atoms with van der Waals surface area (Å²) in [5, 5.41) is 2.23. The summed E-state index contributed by atoms with van der Waals surface area (Å²) in [4.78, 5) is 17.0. The summed E-state index contributed by atoms with van der Waals surface area (Å²) in [5.74, 6) is 0.712. The summed E-state index contributed by atoms with van der Waals surface area (Å²) in [7, 11) is 3.64. The number of hydrogen-bond acceptors (Lipinski definition) is 6. The number of likely N-dealkylation sites (N-methyl/N-ethyl adjacent to an activating group) is 1. The molecule has 2 rings (SSSR count). The van der Waals surface area contributed by atoms with E-state index in [2.05, 4.69) is 25.1 Å². The van der Waals surface area contributed by atoms with Gasteiger partial charge >= 0.3 is 0 Å². The molecule has 2 aromatic rings. The molecule has 0 aliphatic heterocycles. The first-order valence-electron chi connectivity index (χ1n) is 9.68. The molecule has 27 heavy (non-hydrogen) atoms. The van der Waals surface area contributed by atoms with E-state index in [1.165, 1.54) is 5.39 Å². The number of ether oxygens (including phenoxy) is 2. The highest BCUT2D eigenvalue weighted by Gasteiger charge is 2.08. The van der Waals surface area contributed by atoms with Crippen molar-refractivity contribution in [1.29, 1.82) is 0 Å². The summed E-state index contributed by atoms with van der Waals surface area (Å²) in [6.07, 6.45) is 4.08. The topological polar surface area (TPSA) is 53.1 Å². The molecule has 1 heterocycles. The second-order valence-corrected chi connectivity index (χ2v) is 6.59. The Balaban J connectivity index is 1.81. The van der Waals surface area contributed by atoms with Gasteiger partial charge in [-0.25, -0.2) is 14.8 Å². The van der Waals surface area contributed by atoms with Gasteiger partial charge in [-0.1, -0.05) is 31.5 Å². The molecule has 0 bridgehead atoms. The van der Waals surface area contributed by atoms with E-state index in [1.54, 1.807) is 7.11 Å². The van der Waals surface area contributed by atoms with Crippen LogP contribution in [-0.4, -0.2) is 57.1 Å². The molecule has 0 N–H and O–H groups in total. The largest absolute Gasteiger partial charge is 0.476 e. The van der Waals surface area contributed by atoms with Crippen molar-refractivity contribution < 1.29 is 19.2 Å². The van der Waals surface area contributed by atoms with Gasteiger partial charge in [-0.05, 0) is 43.8 Å². The average Bonchev–Trinajstić information content (AvgIpc) is 2.69. The fourth-order valence-electron chi connectivity index (χ4n) is 2.63. The number of aromatic nitrogens is 1. The van der Waals surface area contributed by atoms with Crippen LogP contribution in [0.2, 0.25) is 0 Å². The third kappa shape index (κ3) is 7.81. The van der Waals surface area contributed by atoms with E-state index in [0.717, 1.165) is 43.3 Å². The molecule has 150 valence electrons. The Morgan fingerprint density at radius 2 is 1.89 bits per heavy atom. The standard InChI is InChI=1S/C21H32N2O4/c1-4-5-10-19-16-18-9-6-7-11-20(18)21(22-19)25-15-12-23(2)17-27-26-14-8-13-24-3/h6-7,9,11,16H,4-5,8,10,12-15,17H2,1-3H3. The summed E-state index contributed by atoms with van der Waals surface area (Å²) >= 11 is 0. The fraction of sp³-hybridized carbons (Fsp3) is 0.571. The van der Waals surface area contributed by atoms with Crippen LogP contribution in [0.1, 0.15) is 31.9 Å². The van der Waals surface area contributed by atoms with Crippen molar-refractivity contribution in [3.8, 4) is 5.88 Å². The van der Waals surface area contributed by atoms with Crippen LogP contribution in [0.3, 0.4) is 0 Å². The maximum atomic E-state index is 6.00. The van der Waals surface area contributed by atoms with E-state index >= 15 is 0 Å². The third-order valence-electron chi connectivity index (χ3n) is 4.19. The van der Waals surface area contributed by atoms with E-state index in [0.29, 0.717) is 32.4 Å². The zero-order valence-corrected chi connectivity index (χ0v) is 16.8. The fourth-order valence-corrected chi connectivity index (χ4v) is 2.63. The lowest BCUT2D eigenvalue weighted by molar-refractivity contribution is -0.314. The lowest BCUT2D eigenvalue weighted by atomic mass is 10.1. The summed E-state index contributed by atoms with van der Waals surface area (Å²) in [5.41, 5.74) is 1.09. The van der Waals surface area contributed by atoms with Gasteiger partial charge in [-0.2, -0.15) is 0 Å². The molecule has 1 aromatic heterocycles. The Labute approximate surface area is 162 Å². The number of fused-ring (bicyclic) bond motifs is 1. The molecular weight excluding hydrogens is 344 g/mol. The Morgan fingerprint density at radius 3 is 2.70 bits per heavy atom. The van der Waals surface area contributed by atoms with Gasteiger partial charge in [-0.3, -0.25) is 4.90 Å². The van der Waals surface area contributed by atoms with E-state index in [-0.39, 0.29) is 0 Å². The maximum Gasteiger partial charge on any atom is 0.221 e. The minimum absolute atomic E-state index is 0.390. The highest BCUT2D eigenvalue weighted by molar-refractivity contribution is 5.87. The molecular formula is C21H32N2O4. The van der Waals surface area contributed by atoms with E-state index < -0.39 is 0 Å². The number of hydrogen-bond donors (Lipinski definition) is 0. The predicted octanol–water partition coefficient (Wildman–Crippen LogP) is 3.83. The van der Waals surface area contributed by atoms with Gasteiger partial charge < -0.3 is 9.47 Å². The van der Waals surface area contributed by atoms with Gasteiger partial charge in [0.1, 0.15) is 13.3 Å². The van der Waals surface area contributed by atoms with Gasteiger partial charge in [0.15, 0.2) is 0 Å². The van der Waals surface area contributed by atoms with E-state index in [4.69, 9.17) is 24.2 Å². The first-order valence-corrected chi connectivity index (χ1v) is 9.68. The van der Waals surface area contributed by atoms with E-state index in [9.17, 15) is 0 Å². The zero-order chi connectivity index (χ0) is 19.3. The minimum atomic E-state index is 0.390. The van der Waals surface area contributed by atoms with Crippen LogP contribution in [0, 0.1) is 0 Å². The van der Waals surface area contributed by atoms with Crippen molar-refractivity contribution in [3.63, 3.8) is 0 Å². The van der Waals surface area contributed by atoms with Crippen molar-refractivity contribution >= 4 is 10.8 Å². The van der Waals surface area contributed by atoms with Crippen molar-refractivity contribution in [2.24, 2.45) is 0 Å². The van der Waals surface area contributed by atoms with Crippen LogP contribution in [-0.2, 0) is 20.9 Å². The first kappa shape index (κ1) is 21.6. The van der Waals surface area contributed by atoms with Gasteiger partial charge in [0, 0.05) is 31.3 Å². The van der Waals surface area contributed by atoms with Crippen LogP contribution < -0.4 is 4.74 Å². The van der Waals surface area contributed by atoms with Crippen LogP contribution >= 0.6 is 0 Å².